The lowest BCUT2D eigenvalue weighted by Crippen LogP contribution is -2.41. The minimum atomic E-state index is -0.318. The first kappa shape index (κ1) is 19.4. The van der Waals surface area contributed by atoms with Gasteiger partial charge in [0, 0.05) is 49.5 Å². The molecule has 1 fully saturated rings. The van der Waals surface area contributed by atoms with Crippen molar-refractivity contribution < 1.29 is 14.3 Å². The summed E-state index contributed by atoms with van der Waals surface area (Å²) in [6.45, 7) is 3.04. The zero-order valence-corrected chi connectivity index (χ0v) is 17.8. The minimum absolute atomic E-state index is 0.0600. The average Bonchev–Trinajstić information content (AvgIpc) is 2.97. The SMILES string of the molecule is CN(C)CC1CC(=O)C2=C(C1)O[C@@H]1C(=C2)C=C[C@]2(C)[C@@H](c3cccnc3)C(=O)C[C@@H]12. The van der Waals surface area contributed by atoms with Gasteiger partial charge in [0.05, 0.1) is 11.5 Å². The van der Waals surface area contributed by atoms with Crippen LogP contribution < -0.4 is 0 Å². The van der Waals surface area contributed by atoms with Crippen molar-refractivity contribution in [3.63, 3.8) is 0 Å². The third-order valence-electron chi connectivity index (χ3n) is 7.26. The lowest BCUT2D eigenvalue weighted by molar-refractivity contribution is -0.120. The second-order valence-electron chi connectivity index (χ2n) is 9.67. The van der Waals surface area contributed by atoms with Gasteiger partial charge >= 0.3 is 0 Å². The molecule has 5 rings (SSSR count). The smallest absolute Gasteiger partial charge is 0.166 e. The van der Waals surface area contributed by atoms with Crippen LogP contribution in [-0.4, -0.2) is 48.2 Å². The van der Waals surface area contributed by atoms with E-state index in [1.165, 1.54) is 0 Å². The van der Waals surface area contributed by atoms with Crippen molar-refractivity contribution in [2.75, 3.05) is 20.6 Å². The molecule has 0 bridgehead atoms. The Bertz CT molecular complexity index is 991. The first-order valence-electron chi connectivity index (χ1n) is 10.8. The van der Waals surface area contributed by atoms with E-state index in [4.69, 9.17) is 4.74 Å². The number of allylic oxidation sites excluding steroid dienone is 4. The predicted molar refractivity (Wildman–Crippen MR) is 114 cm³/mol. The van der Waals surface area contributed by atoms with Crippen molar-refractivity contribution in [1.82, 2.24) is 9.88 Å². The number of ketones is 2. The van der Waals surface area contributed by atoms with E-state index in [-0.39, 0.29) is 40.8 Å². The van der Waals surface area contributed by atoms with Gasteiger partial charge < -0.3 is 9.64 Å². The van der Waals surface area contributed by atoms with Gasteiger partial charge in [-0.15, -0.1) is 0 Å². The molecule has 1 aliphatic heterocycles. The van der Waals surface area contributed by atoms with E-state index in [2.05, 4.69) is 29.0 Å². The number of pyridine rings is 1. The number of aromatic nitrogens is 1. The Kier molecular flexibility index (Phi) is 4.55. The fourth-order valence-electron chi connectivity index (χ4n) is 5.95. The zero-order chi connectivity index (χ0) is 21.0. The van der Waals surface area contributed by atoms with Gasteiger partial charge in [0.15, 0.2) is 5.78 Å². The van der Waals surface area contributed by atoms with Crippen LogP contribution in [-0.2, 0) is 14.3 Å². The summed E-state index contributed by atoms with van der Waals surface area (Å²) in [5.41, 5.74) is 2.41. The molecule has 3 aliphatic carbocycles. The van der Waals surface area contributed by atoms with Gasteiger partial charge in [0.25, 0.3) is 0 Å². The molecule has 1 unspecified atom stereocenters. The van der Waals surface area contributed by atoms with E-state index in [0.717, 1.165) is 35.4 Å². The molecule has 0 radical (unpaired) electrons. The minimum Gasteiger partial charge on any atom is -0.489 e. The number of nitrogens with zero attached hydrogens (tertiary/aromatic N) is 2. The molecule has 0 saturated heterocycles. The van der Waals surface area contributed by atoms with E-state index in [9.17, 15) is 9.59 Å². The Hall–Kier alpha value is -2.53. The molecule has 0 N–H and O–H groups in total. The normalized spacial score (nSPS) is 35.0. The molecule has 2 heterocycles. The van der Waals surface area contributed by atoms with Gasteiger partial charge in [-0.05, 0) is 43.3 Å². The molecule has 1 aromatic rings. The Morgan fingerprint density at radius 1 is 1.23 bits per heavy atom. The second kappa shape index (κ2) is 7.02. The lowest BCUT2D eigenvalue weighted by Gasteiger charge is -2.44. The molecule has 5 nitrogen and oxygen atoms in total. The summed E-state index contributed by atoms with van der Waals surface area (Å²) in [7, 11) is 4.07. The molecule has 1 aromatic heterocycles. The molecule has 1 saturated carbocycles. The van der Waals surface area contributed by atoms with Crippen LogP contribution in [0.25, 0.3) is 0 Å². The van der Waals surface area contributed by atoms with Crippen molar-refractivity contribution in [1.29, 1.82) is 0 Å². The molecule has 156 valence electrons. The lowest BCUT2D eigenvalue weighted by atomic mass is 9.65. The van der Waals surface area contributed by atoms with Crippen LogP contribution in [0.15, 0.2) is 59.7 Å². The highest BCUT2D eigenvalue weighted by Crippen LogP contribution is 2.58. The monoisotopic (exact) mass is 404 g/mol. The summed E-state index contributed by atoms with van der Waals surface area (Å²) in [6.07, 6.45) is 11.5. The van der Waals surface area contributed by atoms with Gasteiger partial charge in [-0.3, -0.25) is 14.6 Å². The summed E-state index contributed by atoms with van der Waals surface area (Å²) in [6, 6.07) is 3.89. The number of fused-ring (bicyclic) bond motifs is 3. The summed E-state index contributed by atoms with van der Waals surface area (Å²) < 4.78 is 6.54. The van der Waals surface area contributed by atoms with Crippen LogP contribution in [0.5, 0.6) is 0 Å². The maximum atomic E-state index is 13.1. The molecular formula is C25H28N2O3. The average molecular weight is 405 g/mol. The van der Waals surface area contributed by atoms with Gasteiger partial charge in [0.2, 0.25) is 0 Å². The summed E-state index contributed by atoms with van der Waals surface area (Å²) in [5, 5.41) is 0. The highest BCUT2D eigenvalue weighted by atomic mass is 16.5. The molecule has 5 atom stereocenters. The van der Waals surface area contributed by atoms with Gasteiger partial charge in [0.1, 0.15) is 17.6 Å². The number of hydrogen-bond acceptors (Lipinski definition) is 5. The number of rotatable bonds is 3. The number of hydrogen-bond donors (Lipinski definition) is 0. The van der Waals surface area contributed by atoms with E-state index < -0.39 is 0 Å². The summed E-state index contributed by atoms with van der Waals surface area (Å²) in [4.78, 5) is 32.3. The summed E-state index contributed by atoms with van der Waals surface area (Å²) in [5.74, 6) is 1.37. The highest BCUT2D eigenvalue weighted by Gasteiger charge is 2.57. The van der Waals surface area contributed by atoms with E-state index >= 15 is 0 Å². The van der Waals surface area contributed by atoms with Gasteiger partial charge in [-0.1, -0.05) is 25.1 Å². The standard InChI is InChI=1S/C25H28N2O3/c1-25-7-6-16-11-18-20(28)9-15(14-27(2)3)10-22(18)30-24(16)19(25)12-21(29)23(25)17-5-4-8-26-13-17/h4-8,11,13,15,19,23-24H,9-10,12,14H2,1-3H3/t15?,19-,23-,24+,25-/m0/s1. The number of carbonyl (C=O) groups is 2. The van der Waals surface area contributed by atoms with Crippen LogP contribution in [0.4, 0.5) is 0 Å². The quantitative estimate of drug-likeness (QED) is 0.772. The number of Topliss-reactive ketones (excluding diaryl/α,β-unsaturated/α-hetero) is 2. The van der Waals surface area contributed by atoms with Crippen molar-refractivity contribution >= 4 is 11.6 Å². The Balaban J connectivity index is 1.48. The molecule has 30 heavy (non-hydrogen) atoms. The Morgan fingerprint density at radius 3 is 2.80 bits per heavy atom. The first-order chi connectivity index (χ1) is 14.4. The third-order valence-corrected chi connectivity index (χ3v) is 7.26. The maximum Gasteiger partial charge on any atom is 0.166 e. The molecule has 5 heteroatoms. The zero-order valence-electron chi connectivity index (χ0n) is 17.8. The van der Waals surface area contributed by atoms with Crippen molar-refractivity contribution in [3.05, 3.63) is 65.2 Å². The Labute approximate surface area is 177 Å². The van der Waals surface area contributed by atoms with Crippen molar-refractivity contribution in [3.8, 4) is 0 Å². The number of carbonyl (C=O) groups excluding carboxylic acids is 2. The fraction of sp³-hybridized carbons (Fsp3) is 0.480. The van der Waals surface area contributed by atoms with E-state index in [0.29, 0.717) is 12.8 Å². The summed E-state index contributed by atoms with van der Waals surface area (Å²) >= 11 is 0. The number of ether oxygens (including phenoxy) is 1. The van der Waals surface area contributed by atoms with Gasteiger partial charge in [-0.25, -0.2) is 0 Å². The highest BCUT2D eigenvalue weighted by molar-refractivity contribution is 6.00. The molecule has 0 aromatic carbocycles. The van der Waals surface area contributed by atoms with Crippen LogP contribution in [0.2, 0.25) is 0 Å². The van der Waals surface area contributed by atoms with Crippen LogP contribution in [0, 0.1) is 17.3 Å². The molecule has 4 aliphatic rings. The molecule has 0 amide bonds. The fourth-order valence-corrected chi connectivity index (χ4v) is 5.95. The maximum absolute atomic E-state index is 13.1. The molecular weight excluding hydrogens is 376 g/mol. The van der Waals surface area contributed by atoms with Crippen LogP contribution in [0.3, 0.4) is 0 Å². The second-order valence-corrected chi connectivity index (χ2v) is 9.67. The van der Waals surface area contributed by atoms with Crippen LogP contribution >= 0.6 is 0 Å². The van der Waals surface area contributed by atoms with Crippen molar-refractivity contribution in [2.24, 2.45) is 17.3 Å². The first-order valence-corrected chi connectivity index (χ1v) is 10.8. The van der Waals surface area contributed by atoms with E-state index in [1.807, 2.05) is 38.5 Å². The van der Waals surface area contributed by atoms with Crippen molar-refractivity contribution in [2.45, 2.75) is 38.2 Å². The van der Waals surface area contributed by atoms with Gasteiger partial charge in [-0.2, -0.15) is 0 Å². The largest absolute Gasteiger partial charge is 0.489 e. The topological polar surface area (TPSA) is 59.5 Å². The third kappa shape index (κ3) is 2.99. The van der Waals surface area contributed by atoms with E-state index in [1.54, 1.807) is 6.20 Å². The van der Waals surface area contributed by atoms with Crippen LogP contribution in [0.1, 0.15) is 37.7 Å². The Morgan fingerprint density at radius 2 is 2.07 bits per heavy atom. The predicted octanol–water partition coefficient (Wildman–Crippen LogP) is 3.45. The molecule has 0 spiro atoms.